The van der Waals surface area contributed by atoms with Crippen molar-refractivity contribution in [3.63, 3.8) is 0 Å². The number of carboxylic acid groups (broad SMARTS) is 1. The molecule has 1 heterocycles. The van der Waals surface area contributed by atoms with Gasteiger partial charge >= 0.3 is 5.97 Å². The number of hydrogen-bond acceptors (Lipinski definition) is 4. The number of carboxylic acids is 1. The highest BCUT2D eigenvalue weighted by atomic mass is 79.9. The fraction of sp³-hybridized carbons (Fsp3) is 0.167. The van der Waals surface area contributed by atoms with Crippen molar-refractivity contribution in [2.75, 3.05) is 14.2 Å². The molecule has 0 radical (unpaired) electrons. The molecule has 0 saturated carbocycles. The maximum absolute atomic E-state index is 11.0. The van der Waals surface area contributed by atoms with Crippen LogP contribution in [0.1, 0.15) is 10.5 Å². The fourth-order valence-electron chi connectivity index (χ4n) is 1.65. The number of H-pyrrole nitrogens is 1. The lowest BCUT2D eigenvalue weighted by Gasteiger charge is -2.08. The average molecular weight is 327 g/mol. The van der Waals surface area contributed by atoms with Crippen molar-refractivity contribution in [3.05, 3.63) is 28.4 Å². The van der Waals surface area contributed by atoms with Crippen LogP contribution in [0.4, 0.5) is 0 Å². The summed E-state index contributed by atoms with van der Waals surface area (Å²) < 4.78 is 10.8. The number of aromatic nitrogens is 2. The van der Waals surface area contributed by atoms with Gasteiger partial charge in [0.15, 0.2) is 5.69 Å². The van der Waals surface area contributed by atoms with Crippen LogP contribution in [0.2, 0.25) is 0 Å². The minimum absolute atomic E-state index is 0.0140. The number of methoxy groups -OCH3 is 2. The monoisotopic (exact) mass is 326 g/mol. The standard InChI is InChI=1S/C12H11BrN2O4/c1-18-6-3-4-8(19-2)7(5-6)10-9(13)11(12(16)17)15-14-10/h3-5H,1-2H3,(H,14,15)(H,16,17). The van der Waals surface area contributed by atoms with Crippen molar-refractivity contribution in [2.24, 2.45) is 0 Å². The van der Waals surface area contributed by atoms with Gasteiger partial charge in [0.1, 0.15) is 17.2 Å². The molecule has 6 nitrogen and oxygen atoms in total. The van der Waals surface area contributed by atoms with Crippen molar-refractivity contribution < 1.29 is 19.4 Å². The van der Waals surface area contributed by atoms with Gasteiger partial charge in [0, 0.05) is 5.56 Å². The van der Waals surface area contributed by atoms with Crippen LogP contribution in [0.15, 0.2) is 22.7 Å². The van der Waals surface area contributed by atoms with Gasteiger partial charge in [0.05, 0.1) is 18.7 Å². The first-order valence-corrected chi connectivity index (χ1v) is 6.07. The Morgan fingerprint density at radius 3 is 2.63 bits per heavy atom. The van der Waals surface area contributed by atoms with E-state index in [0.717, 1.165) is 0 Å². The number of benzene rings is 1. The highest BCUT2D eigenvalue weighted by molar-refractivity contribution is 9.10. The van der Waals surface area contributed by atoms with E-state index in [-0.39, 0.29) is 5.69 Å². The Balaban J connectivity index is 2.60. The summed E-state index contributed by atoms with van der Waals surface area (Å²) in [5.41, 5.74) is 1.07. The molecule has 7 heteroatoms. The third kappa shape index (κ3) is 2.41. The normalized spacial score (nSPS) is 10.3. The van der Waals surface area contributed by atoms with Crippen molar-refractivity contribution >= 4 is 21.9 Å². The molecule has 0 amide bonds. The second-order valence-electron chi connectivity index (χ2n) is 3.63. The van der Waals surface area contributed by atoms with Crippen LogP contribution in [0.25, 0.3) is 11.3 Å². The number of aromatic amines is 1. The van der Waals surface area contributed by atoms with Gasteiger partial charge in [-0.25, -0.2) is 4.79 Å². The molecule has 0 aliphatic carbocycles. The van der Waals surface area contributed by atoms with Gasteiger partial charge in [-0.2, -0.15) is 5.10 Å². The second kappa shape index (κ2) is 5.31. The number of nitrogens with one attached hydrogen (secondary N) is 1. The summed E-state index contributed by atoms with van der Waals surface area (Å²) in [4.78, 5) is 11.0. The van der Waals surface area contributed by atoms with Crippen LogP contribution >= 0.6 is 15.9 Å². The predicted molar refractivity (Wildman–Crippen MR) is 71.8 cm³/mol. The highest BCUT2D eigenvalue weighted by Gasteiger charge is 2.20. The van der Waals surface area contributed by atoms with Crippen LogP contribution in [-0.2, 0) is 0 Å². The molecule has 1 aromatic carbocycles. The lowest BCUT2D eigenvalue weighted by atomic mass is 10.1. The lowest BCUT2D eigenvalue weighted by molar-refractivity contribution is 0.0689. The molecule has 1 aromatic heterocycles. The summed E-state index contributed by atoms with van der Waals surface area (Å²) in [5, 5.41) is 15.5. The van der Waals surface area contributed by atoms with E-state index in [4.69, 9.17) is 14.6 Å². The van der Waals surface area contributed by atoms with E-state index >= 15 is 0 Å². The minimum atomic E-state index is -1.09. The first-order chi connectivity index (χ1) is 9.08. The zero-order valence-electron chi connectivity index (χ0n) is 10.2. The smallest absolute Gasteiger partial charge is 0.355 e. The minimum Gasteiger partial charge on any atom is -0.497 e. The van der Waals surface area contributed by atoms with Gasteiger partial charge in [-0.1, -0.05) is 0 Å². The molecule has 0 bridgehead atoms. The molecular weight excluding hydrogens is 316 g/mol. The Morgan fingerprint density at radius 2 is 2.11 bits per heavy atom. The van der Waals surface area contributed by atoms with Crippen molar-refractivity contribution in [2.45, 2.75) is 0 Å². The second-order valence-corrected chi connectivity index (χ2v) is 4.43. The Hall–Kier alpha value is -2.02. The number of aromatic carboxylic acids is 1. The first-order valence-electron chi connectivity index (χ1n) is 5.28. The molecule has 0 saturated heterocycles. The number of carbonyl (C=O) groups is 1. The quantitative estimate of drug-likeness (QED) is 0.901. The molecule has 19 heavy (non-hydrogen) atoms. The van der Waals surface area contributed by atoms with E-state index in [2.05, 4.69) is 26.1 Å². The maximum Gasteiger partial charge on any atom is 0.355 e. The van der Waals surface area contributed by atoms with E-state index in [0.29, 0.717) is 27.2 Å². The SMILES string of the molecule is COc1ccc(OC)c(-c2n[nH]c(C(=O)O)c2Br)c1. The van der Waals surface area contributed by atoms with Crippen LogP contribution in [0, 0.1) is 0 Å². The Bertz CT molecular complexity index is 624. The lowest BCUT2D eigenvalue weighted by Crippen LogP contribution is -1.97. The van der Waals surface area contributed by atoms with Crippen LogP contribution in [-0.4, -0.2) is 35.5 Å². The zero-order chi connectivity index (χ0) is 14.0. The van der Waals surface area contributed by atoms with Crippen molar-refractivity contribution in [1.29, 1.82) is 0 Å². The third-order valence-corrected chi connectivity index (χ3v) is 3.35. The van der Waals surface area contributed by atoms with E-state index in [9.17, 15) is 4.79 Å². The van der Waals surface area contributed by atoms with Crippen molar-refractivity contribution in [3.8, 4) is 22.8 Å². The molecule has 2 rings (SSSR count). The van der Waals surface area contributed by atoms with Gasteiger partial charge in [-0.15, -0.1) is 0 Å². The number of nitrogens with zero attached hydrogens (tertiary/aromatic N) is 1. The highest BCUT2D eigenvalue weighted by Crippen LogP contribution is 2.37. The largest absolute Gasteiger partial charge is 0.497 e. The van der Waals surface area contributed by atoms with E-state index in [1.165, 1.54) is 7.11 Å². The molecule has 0 atom stereocenters. The summed E-state index contributed by atoms with van der Waals surface area (Å²) in [6.45, 7) is 0. The fourth-order valence-corrected chi connectivity index (χ4v) is 2.21. The summed E-state index contributed by atoms with van der Waals surface area (Å²) in [6.07, 6.45) is 0. The van der Waals surface area contributed by atoms with E-state index < -0.39 is 5.97 Å². The van der Waals surface area contributed by atoms with Crippen LogP contribution < -0.4 is 9.47 Å². The molecular formula is C12H11BrN2O4. The summed E-state index contributed by atoms with van der Waals surface area (Å²) in [5.74, 6) is 0.111. The Morgan fingerprint density at radius 1 is 1.37 bits per heavy atom. The molecule has 0 aliphatic rings. The molecule has 0 unspecified atom stereocenters. The summed E-state index contributed by atoms with van der Waals surface area (Å²) in [7, 11) is 3.08. The summed E-state index contributed by atoms with van der Waals surface area (Å²) in [6, 6.07) is 5.21. The molecule has 100 valence electrons. The van der Waals surface area contributed by atoms with Gasteiger partial charge in [0.2, 0.25) is 0 Å². The number of hydrogen-bond donors (Lipinski definition) is 2. The maximum atomic E-state index is 11.0. The van der Waals surface area contributed by atoms with Crippen LogP contribution in [0.3, 0.4) is 0 Å². The van der Waals surface area contributed by atoms with E-state index in [1.54, 1.807) is 25.3 Å². The zero-order valence-corrected chi connectivity index (χ0v) is 11.8. The van der Waals surface area contributed by atoms with E-state index in [1.807, 2.05) is 0 Å². The van der Waals surface area contributed by atoms with Gasteiger partial charge < -0.3 is 14.6 Å². The number of ether oxygens (including phenoxy) is 2. The Labute approximate surface area is 117 Å². The molecule has 2 N–H and O–H groups in total. The van der Waals surface area contributed by atoms with Gasteiger partial charge in [-0.3, -0.25) is 5.10 Å². The molecule has 0 fully saturated rings. The van der Waals surface area contributed by atoms with Crippen molar-refractivity contribution in [1.82, 2.24) is 10.2 Å². The number of halogens is 1. The number of rotatable bonds is 4. The molecule has 2 aromatic rings. The topological polar surface area (TPSA) is 84.4 Å². The van der Waals surface area contributed by atoms with Gasteiger partial charge in [0.25, 0.3) is 0 Å². The van der Waals surface area contributed by atoms with Crippen LogP contribution in [0.5, 0.6) is 11.5 Å². The molecule has 0 aliphatic heterocycles. The predicted octanol–water partition coefficient (Wildman–Crippen LogP) is 2.55. The third-order valence-electron chi connectivity index (χ3n) is 2.58. The first kappa shape index (κ1) is 13.4. The average Bonchev–Trinajstić information content (AvgIpc) is 2.79. The summed E-state index contributed by atoms with van der Waals surface area (Å²) >= 11 is 3.23. The Kier molecular flexibility index (Phi) is 3.75. The molecule has 0 spiro atoms. The van der Waals surface area contributed by atoms with Gasteiger partial charge in [-0.05, 0) is 34.1 Å².